The van der Waals surface area contributed by atoms with Crippen LogP contribution in [0.5, 0.6) is 0 Å². The number of benzene rings is 2. The van der Waals surface area contributed by atoms with Crippen molar-refractivity contribution in [2.45, 2.75) is 46.3 Å². The van der Waals surface area contributed by atoms with Gasteiger partial charge >= 0.3 is 5.97 Å². The molecular weight excluding hydrogens is 314 g/mol. The molecule has 25 heavy (non-hydrogen) atoms. The summed E-state index contributed by atoms with van der Waals surface area (Å²) in [4.78, 5) is 27.0. The van der Waals surface area contributed by atoms with Crippen molar-refractivity contribution in [2.75, 3.05) is 4.90 Å². The fourth-order valence-corrected chi connectivity index (χ4v) is 3.47. The summed E-state index contributed by atoms with van der Waals surface area (Å²) in [6.45, 7) is 7.51. The fourth-order valence-electron chi connectivity index (χ4n) is 3.47. The van der Waals surface area contributed by atoms with Crippen molar-refractivity contribution in [2.24, 2.45) is 0 Å². The summed E-state index contributed by atoms with van der Waals surface area (Å²) in [7, 11) is 0. The minimum atomic E-state index is -0.832. The molecule has 0 radical (unpaired) electrons. The number of esters is 1. The number of anilines is 1. The third kappa shape index (κ3) is 3.43. The lowest BCUT2D eigenvalue weighted by molar-refractivity contribution is -0.126. The molecule has 1 aliphatic rings. The largest absolute Gasteiger partial charge is 0.449 e. The summed E-state index contributed by atoms with van der Waals surface area (Å²) < 4.78 is 5.45. The molecule has 130 valence electrons. The Morgan fingerprint density at radius 2 is 1.76 bits per heavy atom. The molecule has 2 atom stereocenters. The number of nitrogens with zero attached hydrogens (tertiary/aromatic N) is 1. The van der Waals surface area contributed by atoms with E-state index in [1.807, 2.05) is 51.1 Å². The molecule has 0 aliphatic carbocycles. The van der Waals surface area contributed by atoms with E-state index in [-0.39, 0.29) is 11.9 Å². The Hall–Kier alpha value is -2.62. The number of ether oxygens (including phenoxy) is 1. The van der Waals surface area contributed by atoms with Gasteiger partial charge in [-0.05, 0) is 57.9 Å². The number of fused-ring (bicyclic) bond motifs is 1. The fraction of sp³-hybridized carbons (Fsp3) is 0.333. The van der Waals surface area contributed by atoms with Crippen LogP contribution in [0.2, 0.25) is 0 Å². The second kappa shape index (κ2) is 6.71. The van der Waals surface area contributed by atoms with Gasteiger partial charge in [0.15, 0.2) is 6.10 Å². The van der Waals surface area contributed by atoms with Crippen LogP contribution in [0, 0.1) is 13.8 Å². The summed E-state index contributed by atoms with van der Waals surface area (Å²) in [6.07, 6.45) is -0.0124. The Balaban J connectivity index is 1.76. The van der Waals surface area contributed by atoms with Crippen LogP contribution in [0.15, 0.2) is 42.5 Å². The number of hydrogen-bond donors (Lipinski definition) is 0. The second-order valence-corrected chi connectivity index (χ2v) is 6.81. The van der Waals surface area contributed by atoms with Crippen molar-refractivity contribution in [1.29, 1.82) is 0 Å². The van der Waals surface area contributed by atoms with Gasteiger partial charge in [0.1, 0.15) is 0 Å². The SMILES string of the molecule is Cc1cc(C)cc(C(=O)O[C@@H](C)C(=O)N2c3ccccc3C[C@@H]2C)c1. The molecule has 1 amide bonds. The molecule has 1 aliphatic heterocycles. The van der Waals surface area contributed by atoms with E-state index in [9.17, 15) is 9.59 Å². The lowest BCUT2D eigenvalue weighted by Gasteiger charge is -2.26. The zero-order chi connectivity index (χ0) is 18.1. The average molecular weight is 337 g/mol. The molecule has 0 saturated carbocycles. The summed E-state index contributed by atoms with van der Waals surface area (Å²) in [5.41, 5.74) is 4.53. The second-order valence-electron chi connectivity index (χ2n) is 6.81. The standard InChI is InChI=1S/C21H23NO3/c1-13-9-14(2)11-18(10-13)21(24)25-16(4)20(23)22-15(3)12-17-7-5-6-8-19(17)22/h5-11,15-16H,12H2,1-4H3/t15-,16-/m0/s1. The average Bonchev–Trinajstić information content (AvgIpc) is 2.88. The van der Waals surface area contributed by atoms with E-state index in [1.165, 1.54) is 0 Å². The molecule has 4 nitrogen and oxygen atoms in total. The van der Waals surface area contributed by atoms with Gasteiger partial charge in [0.2, 0.25) is 0 Å². The first-order valence-corrected chi connectivity index (χ1v) is 8.57. The highest BCUT2D eigenvalue weighted by Gasteiger charge is 2.34. The van der Waals surface area contributed by atoms with Crippen LogP contribution in [0.25, 0.3) is 0 Å². The van der Waals surface area contributed by atoms with Crippen LogP contribution in [-0.4, -0.2) is 24.0 Å². The first-order chi connectivity index (χ1) is 11.9. The van der Waals surface area contributed by atoms with Gasteiger partial charge in [0.05, 0.1) is 5.56 Å². The molecule has 2 aromatic rings. The Labute approximate surface area is 148 Å². The first kappa shape index (κ1) is 17.2. The lowest BCUT2D eigenvalue weighted by atomic mass is 10.1. The van der Waals surface area contributed by atoms with E-state index < -0.39 is 12.1 Å². The first-order valence-electron chi connectivity index (χ1n) is 8.57. The molecule has 1 heterocycles. The Bertz CT molecular complexity index is 807. The maximum Gasteiger partial charge on any atom is 0.338 e. The van der Waals surface area contributed by atoms with Crippen LogP contribution < -0.4 is 4.90 Å². The van der Waals surface area contributed by atoms with Gasteiger partial charge in [0.25, 0.3) is 5.91 Å². The van der Waals surface area contributed by atoms with E-state index in [1.54, 1.807) is 24.0 Å². The van der Waals surface area contributed by atoms with Crippen molar-refractivity contribution >= 4 is 17.6 Å². The monoisotopic (exact) mass is 337 g/mol. The maximum atomic E-state index is 12.9. The van der Waals surface area contributed by atoms with E-state index in [4.69, 9.17) is 4.74 Å². The van der Waals surface area contributed by atoms with Gasteiger partial charge in [-0.15, -0.1) is 0 Å². The number of amides is 1. The predicted octanol–water partition coefficient (Wildman–Crippen LogP) is 3.83. The minimum absolute atomic E-state index is 0.0623. The summed E-state index contributed by atoms with van der Waals surface area (Å²) in [5, 5.41) is 0. The van der Waals surface area contributed by atoms with Gasteiger partial charge in [-0.2, -0.15) is 0 Å². The molecule has 0 N–H and O–H groups in total. The quantitative estimate of drug-likeness (QED) is 0.800. The van der Waals surface area contributed by atoms with E-state index in [2.05, 4.69) is 0 Å². The maximum absolute atomic E-state index is 12.9. The Kier molecular flexibility index (Phi) is 4.62. The van der Waals surface area contributed by atoms with Gasteiger partial charge in [-0.25, -0.2) is 4.79 Å². The predicted molar refractivity (Wildman–Crippen MR) is 97.9 cm³/mol. The molecular formula is C21H23NO3. The van der Waals surface area contributed by atoms with E-state index in [0.29, 0.717) is 5.56 Å². The third-order valence-electron chi connectivity index (χ3n) is 4.53. The zero-order valence-electron chi connectivity index (χ0n) is 15.1. The molecule has 0 fully saturated rings. The minimum Gasteiger partial charge on any atom is -0.449 e. The summed E-state index contributed by atoms with van der Waals surface area (Å²) in [6, 6.07) is 13.5. The molecule has 0 unspecified atom stereocenters. The highest BCUT2D eigenvalue weighted by Crippen LogP contribution is 2.32. The van der Waals surface area contributed by atoms with Crippen molar-refractivity contribution in [3.05, 3.63) is 64.7 Å². The smallest absolute Gasteiger partial charge is 0.338 e. The van der Waals surface area contributed by atoms with Crippen LogP contribution >= 0.6 is 0 Å². The number of para-hydroxylation sites is 1. The summed E-state index contributed by atoms with van der Waals surface area (Å²) in [5.74, 6) is -0.650. The summed E-state index contributed by atoms with van der Waals surface area (Å²) >= 11 is 0. The van der Waals surface area contributed by atoms with Gasteiger partial charge in [-0.3, -0.25) is 4.79 Å². The third-order valence-corrected chi connectivity index (χ3v) is 4.53. The highest BCUT2D eigenvalue weighted by molar-refractivity contribution is 6.01. The van der Waals surface area contributed by atoms with Crippen LogP contribution in [0.3, 0.4) is 0 Å². The van der Waals surface area contributed by atoms with Gasteiger partial charge in [-0.1, -0.05) is 35.4 Å². The number of hydrogen-bond acceptors (Lipinski definition) is 3. The van der Waals surface area contributed by atoms with Gasteiger partial charge in [0, 0.05) is 11.7 Å². The number of carbonyl (C=O) groups excluding carboxylic acids is 2. The van der Waals surface area contributed by atoms with Crippen molar-refractivity contribution in [3.63, 3.8) is 0 Å². The molecule has 4 heteroatoms. The normalized spacial score (nSPS) is 17.1. The topological polar surface area (TPSA) is 46.6 Å². The lowest BCUT2D eigenvalue weighted by Crippen LogP contribution is -2.43. The van der Waals surface area contributed by atoms with Crippen molar-refractivity contribution < 1.29 is 14.3 Å². The van der Waals surface area contributed by atoms with Gasteiger partial charge < -0.3 is 9.64 Å². The van der Waals surface area contributed by atoms with Crippen LogP contribution in [0.1, 0.15) is 40.9 Å². The van der Waals surface area contributed by atoms with Crippen molar-refractivity contribution in [1.82, 2.24) is 0 Å². The van der Waals surface area contributed by atoms with Crippen molar-refractivity contribution in [3.8, 4) is 0 Å². The van der Waals surface area contributed by atoms with E-state index >= 15 is 0 Å². The highest BCUT2D eigenvalue weighted by atomic mass is 16.5. The van der Waals surface area contributed by atoms with Crippen LogP contribution in [-0.2, 0) is 16.0 Å². The number of aryl methyl sites for hydroxylation is 2. The molecule has 0 bridgehead atoms. The van der Waals surface area contributed by atoms with E-state index in [0.717, 1.165) is 28.8 Å². The molecule has 3 rings (SSSR count). The van der Waals surface area contributed by atoms with Crippen LogP contribution in [0.4, 0.5) is 5.69 Å². The Morgan fingerprint density at radius 3 is 2.44 bits per heavy atom. The number of rotatable bonds is 3. The number of carbonyl (C=O) groups is 2. The molecule has 0 aromatic heterocycles. The molecule has 0 saturated heterocycles. The molecule has 2 aromatic carbocycles. The molecule has 0 spiro atoms. The Morgan fingerprint density at radius 1 is 1.12 bits per heavy atom. The zero-order valence-corrected chi connectivity index (χ0v) is 15.1.